The summed E-state index contributed by atoms with van der Waals surface area (Å²) < 4.78 is 30.3. The number of hydrogen-bond donors (Lipinski definition) is 0. The van der Waals surface area contributed by atoms with Gasteiger partial charge in [-0.05, 0) is 48.9 Å². The van der Waals surface area contributed by atoms with E-state index < -0.39 is 0 Å². The maximum atomic E-state index is 6.54. The Kier molecular flexibility index (Phi) is 24.2. The molecule has 2 saturated heterocycles. The number of furan rings is 1. The zero-order valence-electron chi connectivity index (χ0n) is 38.4. The first kappa shape index (κ1) is 47.8. The van der Waals surface area contributed by atoms with E-state index in [4.69, 9.17) is 23.4 Å². The van der Waals surface area contributed by atoms with Crippen LogP contribution in [0.1, 0.15) is 230 Å². The highest BCUT2D eigenvalue weighted by molar-refractivity contribution is 6.06. The number of unbranched alkanes of at least 4 members (excludes halogenated alkanes) is 30. The highest BCUT2D eigenvalue weighted by Gasteiger charge is 2.25. The van der Waals surface area contributed by atoms with Crippen LogP contribution in [0, 0.1) is 0 Å². The largest absolute Gasteiger partial charge is 0.490 e. The smallest absolute Gasteiger partial charge is 0.139 e. The average Bonchev–Trinajstić information content (AvgIpc) is 4.20. The number of fused-ring (bicyclic) bond motifs is 3. The quantitative estimate of drug-likeness (QED) is 0.0423. The van der Waals surface area contributed by atoms with Gasteiger partial charge in [0.25, 0.3) is 0 Å². The van der Waals surface area contributed by atoms with Crippen molar-refractivity contribution in [3.8, 4) is 11.5 Å². The van der Waals surface area contributed by atoms with Crippen LogP contribution in [0.15, 0.2) is 28.7 Å². The third-order valence-corrected chi connectivity index (χ3v) is 13.1. The molecular formula is C54H88O5. The predicted octanol–water partition coefficient (Wildman–Crippen LogP) is 16.7. The van der Waals surface area contributed by atoms with Crippen molar-refractivity contribution in [3.63, 3.8) is 0 Å². The zero-order valence-corrected chi connectivity index (χ0v) is 38.4. The standard InChI is InChI=1S/C54H88O5/c1-3-5-7-9-11-13-15-17-19-21-23-25-27-29-31-33-35-45-37-49-50-38-46(36-34-32-30-28-26-24-22-20-18-16-14-12-10-8-6-4-2)52(58-44-48-42-56-48)40-54(50)59-53(49)39-51(45)57-43-47-41-55-47/h37-40,47-48H,3-36,41-44H2,1-2H3. The van der Waals surface area contributed by atoms with Gasteiger partial charge < -0.3 is 23.4 Å². The van der Waals surface area contributed by atoms with E-state index in [9.17, 15) is 0 Å². The molecule has 0 bridgehead atoms. The van der Waals surface area contributed by atoms with Gasteiger partial charge in [-0.1, -0.05) is 206 Å². The third-order valence-electron chi connectivity index (χ3n) is 13.1. The van der Waals surface area contributed by atoms with Crippen LogP contribution in [0.5, 0.6) is 11.5 Å². The topological polar surface area (TPSA) is 56.7 Å². The van der Waals surface area contributed by atoms with Gasteiger partial charge in [-0.3, -0.25) is 0 Å². The Hall–Kier alpha value is -2.24. The van der Waals surface area contributed by atoms with Crippen LogP contribution in [0.25, 0.3) is 21.9 Å². The summed E-state index contributed by atoms with van der Waals surface area (Å²) >= 11 is 0. The highest BCUT2D eigenvalue weighted by Crippen LogP contribution is 2.39. The van der Waals surface area contributed by atoms with E-state index in [1.165, 1.54) is 227 Å². The second-order valence-electron chi connectivity index (χ2n) is 18.7. The average molecular weight is 817 g/mol. The fourth-order valence-corrected chi connectivity index (χ4v) is 9.00. The molecule has 5 rings (SSSR count). The first-order chi connectivity index (χ1) is 29.2. The Morgan fingerprint density at radius 2 is 0.661 bits per heavy atom. The minimum absolute atomic E-state index is 0.229. The summed E-state index contributed by atoms with van der Waals surface area (Å²) in [5.41, 5.74) is 4.41. The summed E-state index contributed by atoms with van der Waals surface area (Å²) in [5, 5.41) is 2.40. The van der Waals surface area contributed by atoms with E-state index >= 15 is 0 Å². The van der Waals surface area contributed by atoms with Crippen LogP contribution in [0.3, 0.4) is 0 Å². The molecule has 0 radical (unpaired) electrons. The molecule has 2 aromatic carbocycles. The summed E-state index contributed by atoms with van der Waals surface area (Å²) in [6, 6.07) is 9.03. The Labute approximate surface area is 361 Å². The lowest BCUT2D eigenvalue weighted by atomic mass is 9.99. The van der Waals surface area contributed by atoms with Crippen molar-refractivity contribution in [1.82, 2.24) is 0 Å². The summed E-state index contributed by atoms with van der Waals surface area (Å²) in [6.45, 7) is 7.44. The van der Waals surface area contributed by atoms with Crippen molar-refractivity contribution in [1.29, 1.82) is 0 Å². The fourth-order valence-electron chi connectivity index (χ4n) is 9.00. The molecule has 0 amide bonds. The number of epoxide rings is 2. The van der Waals surface area contributed by atoms with Gasteiger partial charge in [0.1, 0.15) is 48.1 Å². The summed E-state index contributed by atoms with van der Waals surface area (Å²) in [5.74, 6) is 1.92. The van der Waals surface area contributed by atoms with Crippen molar-refractivity contribution in [3.05, 3.63) is 35.4 Å². The maximum absolute atomic E-state index is 6.54. The summed E-state index contributed by atoms with van der Waals surface area (Å²) in [7, 11) is 0. The van der Waals surface area contributed by atoms with E-state index in [2.05, 4.69) is 38.1 Å². The van der Waals surface area contributed by atoms with Crippen molar-refractivity contribution in [2.45, 2.75) is 244 Å². The minimum atomic E-state index is 0.229. The normalized spacial score (nSPS) is 16.1. The van der Waals surface area contributed by atoms with Gasteiger partial charge >= 0.3 is 0 Å². The van der Waals surface area contributed by atoms with Crippen LogP contribution in [0.4, 0.5) is 0 Å². The van der Waals surface area contributed by atoms with Crippen LogP contribution < -0.4 is 9.47 Å². The molecule has 2 aliphatic rings. The van der Waals surface area contributed by atoms with Gasteiger partial charge in [0.05, 0.1) is 13.2 Å². The minimum Gasteiger partial charge on any atom is -0.490 e. The molecule has 5 nitrogen and oxygen atoms in total. The molecule has 2 aliphatic heterocycles. The maximum Gasteiger partial charge on any atom is 0.139 e. The Bertz CT molecular complexity index is 1390. The lowest BCUT2D eigenvalue weighted by molar-refractivity contribution is 0.261. The van der Waals surface area contributed by atoms with Crippen LogP contribution in [0.2, 0.25) is 0 Å². The van der Waals surface area contributed by atoms with Crippen molar-refractivity contribution in [2.75, 3.05) is 26.4 Å². The third kappa shape index (κ3) is 20.0. The highest BCUT2D eigenvalue weighted by atomic mass is 16.6. The molecule has 3 aromatic rings. The van der Waals surface area contributed by atoms with E-state index in [0.29, 0.717) is 13.2 Å². The van der Waals surface area contributed by atoms with Gasteiger partial charge in [-0.25, -0.2) is 0 Å². The first-order valence-electron chi connectivity index (χ1n) is 25.8. The number of rotatable bonds is 40. The van der Waals surface area contributed by atoms with Gasteiger partial charge in [0.15, 0.2) is 0 Å². The molecule has 2 fully saturated rings. The van der Waals surface area contributed by atoms with Gasteiger partial charge in [0.2, 0.25) is 0 Å². The second kappa shape index (κ2) is 29.9. The van der Waals surface area contributed by atoms with Gasteiger partial charge in [-0.2, -0.15) is 0 Å². The molecule has 0 spiro atoms. The molecule has 0 aliphatic carbocycles. The predicted molar refractivity (Wildman–Crippen MR) is 251 cm³/mol. The Balaban J connectivity index is 1.04. The lowest BCUT2D eigenvalue weighted by Gasteiger charge is -2.12. The molecule has 59 heavy (non-hydrogen) atoms. The second-order valence-corrected chi connectivity index (χ2v) is 18.7. The molecule has 334 valence electrons. The SMILES string of the molecule is CCCCCCCCCCCCCCCCCCc1cc2c(cc1OCC1CO1)oc1cc(OCC3CO3)c(CCCCCCCCCCCCCCCCCC)cc12. The number of aryl methyl sites for hydroxylation is 2. The van der Waals surface area contributed by atoms with Crippen LogP contribution in [-0.4, -0.2) is 38.6 Å². The van der Waals surface area contributed by atoms with Gasteiger partial charge in [-0.15, -0.1) is 0 Å². The number of hydrogen-bond acceptors (Lipinski definition) is 5. The monoisotopic (exact) mass is 817 g/mol. The van der Waals surface area contributed by atoms with Crippen molar-refractivity contribution in [2.24, 2.45) is 0 Å². The van der Waals surface area contributed by atoms with Crippen molar-refractivity contribution >= 4 is 21.9 Å². The van der Waals surface area contributed by atoms with Crippen molar-refractivity contribution < 1.29 is 23.4 Å². The Morgan fingerprint density at radius 3 is 0.932 bits per heavy atom. The van der Waals surface area contributed by atoms with E-state index in [-0.39, 0.29) is 12.2 Å². The molecule has 2 atom stereocenters. The molecule has 1 aromatic heterocycles. The zero-order chi connectivity index (χ0) is 41.0. The van der Waals surface area contributed by atoms with Crippen LogP contribution >= 0.6 is 0 Å². The van der Waals surface area contributed by atoms with Crippen LogP contribution in [-0.2, 0) is 22.3 Å². The molecule has 0 saturated carbocycles. The molecule has 0 N–H and O–H groups in total. The number of ether oxygens (including phenoxy) is 4. The Morgan fingerprint density at radius 1 is 0.390 bits per heavy atom. The molecule has 2 unspecified atom stereocenters. The fraction of sp³-hybridized carbons (Fsp3) is 0.778. The molecule has 3 heterocycles. The number of benzene rings is 2. The van der Waals surface area contributed by atoms with E-state index in [1.807, 2.05) is 0 Å². The first-order valence-corrected chi connectivity index (χ1v) is 25.8. The molecular weight excluding hydrogens is 729 g/mol. The summed E-state index contributed by atoms with van der Waals surface area (Å²) in [4.78, 5) is 0. The van der Waals surface area contributed by atoms with E-state index in [1.54, 1.807) is 0 Å². The lowest BCUT2D eigenvalue weighted by Crippen LogP contribution is -2.06. The summed E-state index contributed by atoms with van der Waals surface area (Å²) in [6.07, 6.45) is 47.0. The molecule has 5 heteroatoms. The van der Waals surface area contributed by atoms with E-state index in [0.717, 1.165) is 48.7 Å². The van der Waals surface area contributed by atoms with Gasteiger partial charge in [0, 0.05) is 22.9 Å².